The molecule has 0 saturated carbocycles. The Kier molecular flexibility index (Phi) is 4.54. The lowest BCUT2D eigenvalue weighted by molar-refractivity contribution is -0.141. The molecule has 18 heavy (non-hydrogen) atoms. The molecule has 2 fully saturated rings. The summed E-state index contributed by atoms with van der Waals surface area (Å²) in [6.07, 6.45) is 1.06. The van der Waals surface area contributed by atoms with E-state index < -0.39 is 11.9 Å². The van der Waals surface area contributed by atoms with Gasteiger partial charge in [0.1, 0.15) is 0 Å². The second-order valence-electron chi connectivity index (χ2n) is 4.89. The number of carboxylic acid groups (broad SMARTS) is 1. The van der Waals surface area contributed by atoms with Crippen LogP contribution in [0.1, 0.15) is 12.8 Å². The van der Waals surface area contributed by atoms with E-state index in [-0.39, 0.29) is 12.3 Å². The number of likely N-dealkylation sites (tertiary alicyclic amines) is 1. The highest BCUT2D eigenvalue weighted by Crippen LogP contribution is 2.18. The highest BCUT2D eigenvalue weighted by Gasteiger charge is 2.33. The Labute approximate surface area is 106 Å². The van der Waals surface area contributed by atoms with Crippen molar-refractivity contribution in [2.75, 3.05) is 45.9 Å². The lowest BCUT2D eigenvalue weighted by Gasteiger charge is -2.27. The average molecular weight is 256 g/mol. The average Bonchev–Trinajstić information content (AvgIpc) is 2.73. The van der Waals surface area contributed by atoms with Gasteiger partial charge in [-0.15, -0.1) is 0 Å². The molecule has 0 radical (unpaired) electrons. The molecule has 2 saturated heterocycles. The lowest BCUT2D eigenvalue weighted by atomic mass is 10.1. The molecule has 0 aromatic heterocycles. The molecule has 0 bridgehead atoms. The molecule has 6 heteroatoms. The molecule has 2 aliphatic rings. The van der Waals surface area contributed by atoms with Gasteiger partial charge >= 0.3 is 5.97 Å². The van der Waals surface area contributed by atoms with E-state index in [1.807, 2.05) is 0 Å². The minimum atomic E-state index is -0.862. The van der Waals surface area contributed by atoms with E-state index in [0.717, 1.165) is 39.3 Å². The summed E-state index contributed by atoms with van der Waals surface area (Å²) in [7, 11) is 0. The monoisotopic (exact) mass is 256 g/mol. The fourth-order valence-corrected chi connectivity index (χ4v) is 2.46. The zero-order valence-electron chi connectivity index (χ0n) is 10.5. The van der Waals surface area contributed by atoms with Crippen LogP contribution in [0.2, 0.25) is 0 Å². The number of nitrogens with zero attached hydrogens (tertiary/aromatic N) is 2. The lowest BCUT2D eigenvalue weighted by Crippen LogP contribution is -2.38. The van der Waals surface area contributed by atoms with Crippen LogP contribution in [0.3, 0.4) is 0 Å². The van der Waals surface area contributed by atoms with Gasteiger partial charge in [0.05, 0.1) is 19.1 Å². The number of hydrogen-bond donors (Lipinski definition) is 1. The third kappa shape index (κ3) is 3.43. The molecule has 1 N–H and O–H groups in total. The van der Waals surface area contributed by atoms with Crippen LogP contribution in [0.25, 0.3) is 0 Å². The molecular weight excluding hydrogens is 236 g/mol. The van der Waals surface area contributed by atoms with Crippen LogP contribution >= 0.6 is 0 Å². The molecular formula is C12H20N2O4. The fraction of sp³-hybridized carbons (Fsp3) is 0.833. The summed E-state index contributed by atoms with van der Waals surface area (Å²) in [5.41, 5.74) is 0. The molecule has 0 aromatic rings. The highest BCUT2D eigenvalue weighted by atomic mass is 16.5. The zero-order valence-corrected chi connectivity index (χ0v) is 10.5. The predicted octanol–water partition coefficient (Wildman–Crippen LogP) is -0.358. The number of aliphatic carboxylic acids is 1. The summed E-state index contributed by atoms with van der Waals surface area (Å²) >= 11 is 0. The Morgan fingerprint density at radius 2 is 2.06 bits per heavy atom. The molecule has 0 spiro atoms. The van der Waals surface area contributed by atoms with E-state index in [1.165, 1.54) is 0 Å². The van der Waals surface area contributed by atoms with Gasteiger partial charge in [-0.25, -0.2) is 0 Å². The van der Waals surface area contributed by atoms with Crippen molar-refractivity contribution in [3.8, 4) is 0 Å². The van der Waals surface area contributed by atoms with Gasteiger partial charge in [0, 0.05) is 39.1 Å². The molecule has 2 heterocycles. The molecule has 0 aliphatic carbocycles. The van der Waals surface area contributed by atoms with Crippen molar-refractivity contribution < 1.29 is 19.4 Å². The summed E-state index contributed by atoms with van der Waals surface area (Å²) in [5, 5.41) is 8.88. The Morgan fingerprint density at radius 1 is 1.33 bits per heavy atom. The second kappa shape index (κ2) is 6.15. The maximum Gasteiger partial charge on any atom is 0.308 e. The van der Waals surface area contributed by atoms with E-state index >= 15 is 0 Å². The van der Waals surface area contributed by atoms with Crippen LogP contribution in [0, 0.1) is 5.92 Å². The van der Waals surface area contributed by atoms with Crippen molar-refractivity contribution in [1.29, 1.82) is 0 Å². The quantitative estimate of drug-likeness (QED) is 0.727. The van der Waals surface area contributed by atoms with Gasteiger partial charge in [0.2, 0.25) is 5.91 Å². The Hall–Kier alpha value is -1.14. The molecule has 0 aromatic carbocycles. The van der Waals surface area contributed by atoms with Crippen LogP contribution in [-0.2, 0) is 14.3 Å². The third-order valence-electron chi connectivity index (χ3n) is 3.57. The van der Waals surface area contributed by atoms with Crippen molar-refractivity contribution in [3.05, 3.63) is 0 Å². The third-order valence-corrected chi connectivity index (χ3v) is 3.57. The summed E-state index contributed by atoms with van der Waals surface area (Å²) in [5.74, 6) is -1.40. The van der Waals surface area contributed by atoms with Gasteiger partial charge in [0.15, 0.2) is 0 Å². The smallest absolute Gasteiger partial charge is 0.308 e. The van der Waals surface area contributed by atoms with Crippen molar-refractivity contribution in [2.24, 2.45) is 5.92 Å². The van der Waals surface area contributed by atoms with Crippen molar-refractivity contribution >= 4 is 11.9 Å². The van der Waals surface area contributed by atoms with Crippen molar-refractivity contribution in [2.45, 2.75) is 12.8 Å². The normalized spacial score (nSPS) is 25.7. The SMILES string of the molecule is O=C(O)C1CC(=O)N(CCCN2CCOCC2)C1. The van der Waals surface area contributed by atoms with Gasteiger partial charge in [-0.3, -0.25) is 14.5 Å². The molecule has 2 aliphatic heterocycles. The van der Waals surface area contributed by atoms with Gasteiger partial charge in [0.25, 0.3) is 0 Å². The Morgan fingerprint density at radius 3 is 2.67 bits per heavy atom. The first-order valence-electron chi connectivity index (χ1n) is 6.47. The van der Waals surface area contributed by atoms with Crippen molar-refractivity contribution in [1.82, 2.24) is 9.80 Å². The summed E-state index contributed by atoms with van der Waals surface area (Å²) in [4.78, 5) is 26.4. The summed E-state index contributed by atoms with van der Waals surface area (Å²) in [6, 6.07) is 0. The minimum absolute atomic E-state index is 0.0237. The van der Waals surface area contributed by atoms with Crippen LogP contribution in [0.5, 0.6) is 0 Å². The molecule has 6 nitrogen and oxygen atoms in total. The first kappa shape index (κ1) is 13.3. The number of amides is 1. The summed E-state index contributed by atoms with van der Waals surface area (Å²) in [6.45, 7) is 5.45. The number of ether oxygens (including phenoxy) is 1. The topological polar surface area (TPSA) is 70.1 Å². The zero-order chi connectivity index (χ0) is 13.0. The Balaban J connectivity index is 1.67. The molecule has 102 valence electrons. The highest BCUT2D eigenvalue weighted by molar-refractivity contribution is 5.86. The predicted molar refractivity (Wildman–Crippen MR) is 64.2 cm³/mol. The van der Waals surface area contributed by atoms with Crippen LogP contribution in [0.4, 0.5) is 0 Å². The largest absolute Gasteiger partial charge is 0.481 e. The van der Waals surface area contributed by atoms with E-state index in [9.17, 15) is 9.59 Å². The van der Waals surface area contributed by atoms with Crippen LogP contribution in [0.15, 0.2) is 0 Å². The summed E-state index contributed by atoms with van der Waals surface area (Å²) < 4.78 is 5.27. The second-order valence-corrected chi connectivity index (χ2v) is 4.89. The number of carbonyl (C=O) groups is 2. The number of carboxylic acids is 1. The number of morpholine rings is 1. The van der Waals surface area contributed by atoms with Gasteiger partial charge in [-0.2, -0.15) is 0 Å². The maximum absolute atomic E-state index is 11.6. The fourth-order valence-electron chi connectivity index (χ4n) is 2.46. The molecule has 1 unspecified atom stereocenters. The number of hydrogen-bond acceptors (Lipinski definition) is 4. The minimum Gasteiger partial charge on any atom is -0.481 e. The standard InChI is InChI=1S/C12H20N2O4/c15-11-8-10(12(16)17)9-14(11)3-1-2-13-4-6-18-7-5-13/h10H,1-9H2,(H,16,17). The molecule has 1 atom stereocenters. The van der Waals surface area contributed by atoms with Crippen LogP contribution in [-0.4, -0.2) is 72.7 Å². The number of rotatable bonds is 5. The van der Waals surface area contributed by atoms with Crippen molar-refractivity contribution in [3.63, 3.8) is 0 Å². The Bertz CT molecular complexity index is 315. The molecule has 1 amide bonds. The first-order chi connectivity index (χ1) is 8.66. The van der Waals surface area contributed by atoms with E-state index in [1.54, 1.807) is 4.90 Å². The van der Waals surface area contributed by atoms with Crippen LogP contribution < -0.4 is 0 Å². The van der Waals surface area contributed by atoms with E-state index in [0.29, 0.717) is 13.1 Å². The van der Waals surface area contributed by atoms with Gasteiger partial charge < -0.3 is 14.7 Å². The van der Waals surface area contributed by atoms with E-state index in [4.69, 9.17) is 9.84 Å². The van der Waals surface area contributed by atoms with Gasteiger partial charge in [-0.1, -0.05) is 0 Å². The maximum atomic E-state index is 11.6. The number of carbonyl (C=O) groups excluding carboxylic acids is 1. The molecule has 2 rings (SSSR count). The first-order valence-corrected chi connectivity index (χ1v) is 6.47. The van der Waals surface area contributed by atoms with Gasteiger partial charge in [-0.05, 0) is 6.42 Å². The van der Waals surface area contributed by atoms with E-state index in [2.05, 4.69) is 4.90 Å².